The predicted octanol–water partition coefficient (Wildman–Crippen LogP) is 2.64. The van der Waals surface area contributed by atoms with E-state index in [2.05, 4.69) is 0 Å². The Balaban J connectivity index is 0.000000645. The first-order valence-corrected chi connectivity index (χ1v) is 10.1. The molecule has 1 aromatic heterocycles. The molecule has 0 unspecified atom stereocenters. The van der Waals surface area contributed by atoms with Crippen LogP contribution in [0.15, 0.2) is 22.8 Å². The van der Waals surface area contributed by atoms with Crippen LogP contribution in [0.1, 0.15) is 24.0 Å². The monoisotopic (exact) mass is 421 g/mol. The zero-order chi connectivity index (χ0) is 20.8. The van der Waals surface area contributed by atoms with Crippen LogP contribution >= 0.6 is 11.6 Å². The molecule has 8 heteroatoms. The number of aryl methyl sites for hydroxylation is 1. The molecule has 1 aromatic carbocycles. The Bertz CT molecular complexity index is 943. The molecule has 0 saturated carbocycles. The molecule has 1 spiro atoms. The van der Waals surface area contributed by atoms with Crippen molar-refractivity contribution in [1.29, 1.82) is 0 Å². The van der Waals surface area contributed by atoms with E-state index in [1.165, 1.54) is 0 Å². The van der Waals surface area contributed by atoms with Crippen LogP contribution in [0.25, 0.3) is 11.0 Å². The first-order chi connectivity index (χ1) is 13.9. The number of hydrogen-bond donors (Lipinski definition) is 2. The molecule has 1 amide bonds. The zero-order valence-electron chi connectivity index (χ0n) is 16.1. The van der Waals surface area contributed by atoms with Crippen molar-refractivity contribution in [1.82, 2.24) is 4.90 Å². The van der Waals surface area contributed by atoms with E-state index < -0.39 is 0 Å². The summed E-state index contributed by atoms with van der Waals surface area (Å²) in [6.07, 6.45) is 4.11. The van der Waals surface area contributed by atoms with Gasteiger partial charge < -0.3 is 24.3 Å². The first-order valence-electron chi connectivity index (χ1n) is 9.73. The lowest BCUT2D eigenvalue weighted by molar-refractivity contribution is -0.131. The van der Waals surface area contributed by atoms with E-state index in [-0.39, 0.29) is 42.5 Å². The molecular weight excluding hydrogens is 398 g/mol. The highest BCUT2D eigenvalue weighted by molar-refractivity contribution is 6.32. The van der Waals surface area contributed by atoms with E-state index in [4.69, 9.17) is 30.7 Å². The van der Waals surface area contributed by atoms with Crippen molar-refractivity contribution < 1.29 is 29.0 Å². The Morgan fingerprint density at radius 1 is 1.45 bits per heavy atom. The van der Waals surface area contributed by atoms with E-state index in [1.54, 1.807) is 6.26 Å². The molecule has 2 aromatic rings. The minimum absolute atomic E-state index is 0.0805. The van der Waals surface area contributed by atoms with Crippen LogP contribution in [0.2, 0.25) is 5.02 Å². The predicted molar refractivity (Wildman–Crippen MR) is 106 cm³/mol. The van der Waals surface area contributed by atoms with Gasteiger partial charge in [0.15, 0.2) is 0 Å². The van der Waals surface area contributed by atoms with Gasteiger partial charge in [-0.25, -0.2) is 0 Å². The van der Waals surface area contributed by atoms with Crippen LogP contribution in [-0.4, -0.2) is 58.9 Å². The Morgan fingerprint density at radius 3 is 2.93 bits per heavy atom. The fourth-order valence-corrected chi connectivity index (χ4v) is 5.40. The quantitative estimate of drug-likeness (QED) is 0.739. The number of halogens is 1. The second-order valence-electron chi connectivity index (χ2n) is 8.13. The van der Waals surface area contributed by atoms with Gasteiger partial charge in [-0.2, -0.15) is 0 Å². The second kappa shape index (κ2) is 7.63. The molecule has 0 aliphatic carbocycles. The second-order valence-corrected chi connectivity index (χ2v) is 8.53. The maximum Gasteiger partial charge on any atom is 0.290 e. The number of ether oxygens (including phenoxy) is 1. The molecular formula is C21H24ClNO6. The topological polar surface area (TPSA) is 100 Å². The molecule has 3 aliphatic heterocycles. The van der Waals surface area contributed by atoms with Gasteiger partial charge in [0, 0.05) is 41.0 Å². The lowest BCUT2D eigenvalue weighted by Gasteiger charge is -2.27. The third-order valence-electron chi connectivity index (χ3n) is 6.62. The summed E-state index contributed by atoms with van der Waals surface area (Å²) in [5, 5.41) is 18.2. The fraction of sp³-hybridized carbons (Fsp3) is 0.524. The summed E-state index contributed by atoms with van der Waals surface area (Å²) in [5.74, 6) is 0.503. The highest BCUT2D eigenvalue weighted by Gasteiger charge is 2.63. The minimum Gasteiger partial charge on any atom is -0.483 e. The fourth-order valence-electron chi connectivity index (χ4n) is 5.24. The van der Waals surface area contributed by atoms with Crippen molar-refractivity contribution >= 4 is 34.9 Å². The third kappa shape index (κ3) is 3.31. The summed E-state index contributed by atoms with van der Waals surface area (Å²) in [6, 6.07) is 3.78. The van der Waals surface area contributed by atoms with Gasteiger partial charge in [-0.15, -0.1) is 0 Å². The molecule has 7 nitrogen and oxygen atoms in total. The number of amides is 1. The van der Waals surface area contributed by atoms with Crippen LogP contribution in [-0.2, 0) is 20.7 Å². The molecule has 4 heterocycles. The summed E-state index contributed by atoms with van der Waals surface area (Å²) in [5.41, 5.74) is 2.35. The van der Waals surface area contributed by atoms with Crippen molar-refractivity contribution in [3.8, 4) is 0 Å². The maximum atomic E-state index is 12.9. The number of furan rings is 1. The number of carboxylic acid groups (broad SMARTS) is 1. The van der Waals surface area contributed by atoms with Gasteiger partial charge in [0.2, 0.25) is 5.91 Å². The van der Waals surface area contributed by atoms with Crippen molar-refractivity contribution in [3.63, 3.8) is 0 Å². The average molecular weight is 422 g/mol. The van der Waals surface area contributed by atoms with Crippen molar-refractivity contribution in [2.24, 2.45) is 11.8 Å². The SMILES string of the molecule is Cc1cc2occ(CC(=O)N3C[C@@H]4[C@H](CO)[C@H]5CC[C@]4(C3)O5)c2cc1Cl.O=CO. The van der Waals surface area contributed by atoms with Gasteiger partial charge in [-0.05, 0) is 37.5 Å². The summed E-state index contributed by atoms with van der Waals surface area (Å²) < 4.78 is 11.8. The number of carbonyl (C=O) groups excluding carboxylic acids is 1. The smallest absolute Gasteiger partial charge is 0.290 e. The Morgan fingerprint density at radius 2 is 2.21 bits per heavy atom. The van der Waals surface area contributed by atoms with Crippen LogP contribution in [0, 0.1) is 18.8 Å². The first kappa shape index (κ1) is 20.2. The van der Waals surface area contributed by atoms with Gasteiger partial charge >= 0.3 is 0 Å². The van der Waals surface area contributed by atoms with E-state index >= 15 is 0 Å². The summed E-state index contributed by atoms with van der Waals surface area (Å²) >= 11 is 6.24. The molecule has 2 N–H and O–H groups in total. The number of hydrogen-bond acceptors (Lipinski definition) is 5. The summed E-state index contributed by atoms with van der Waals surface area (Å²) in [7, 11) is 0. The van der Waals surface area contributed by atoms with Gasteiger partial charge in [0.1, 0.15) is 5.58 Å². The number of likely N-dealkylation sites (tertiary alicyclic amines) is 1. The highest BCUT2D eigenvalue weighted by Crippen LogP contribution is 2.54. The van der Waals surface area contributed by atoms with Crippen molar-refractivity contribution in [3.05, 3.63) is 34.5 Å². The van der Waals surface area contributed by atoms with E-state index in [0.29, 0.717) is 24.5 Å². The Labute approximate surface area is 173 Å². The zero-order valence-corrected chi connectivity index (χ0v) is 16.9. The van der Waals surface area contributed by atoms with Crippen molar-refractivity contribution in [2.45, 2.75) is 37.9 Å². The number of fused-ring (bicyclic) bond motifs is 2. The number of aliphatic hydroxyl groups excluding tert-OH is 1. The largest absolute Gasteiger partial charge is 0.483 e. The normalized spacial score (nSPS) is 29.6. The van der Waals surface area contributed by atoms with Gasteiger partial charge in [-0.3, -0.25) is 9.59 Å². The van der Waals surface area contributed by atoms with Gasteiger partial charge in [-0.1, -0.05) is 11.6 Å². The van der Waals surface area contributed by atoms with E-state index in [9.17, 15) is 9.90 Å². The van der Waals surface area contributed by atoms with Gasteiger partial charge in [0.25, 0.3) is 6.47 Å². The molecule has 3 saturated heterocycles. The molecule has 0 radical (unpaired) electrons. The maximum absolute atomic E-state index is 12.9. The van der Waals surface area contributed by atoms with E-state index in [1.807, 2.05) is 24.0 Å². The van der Waals surface area contributed by atoms with Gasteiger partial charge in [0.05, 0.1) is 30.9 Å². The molecule has 2 bridgehead atoms. The van der Waals surface area contributed by atoms with Crippen molar-refractivity contribution in [2.75, 3.05) is 19.7 Å². The summed E-state index contributed by atoms with van der Waals surface area (Å²) in [6.45, 7) is 3.14. The van der Waals surface area contributed by atoms with Crippen LogP contribution in [0.3, 0.4) is 0 Å². The Kier molecular flexibility index (Phi) is 5.31. The minimum atomic E-state index is -0.250. The molecule has 156 valence electrons. The molecule has 4 atom stereocenters. The van der Waals surface area contributed by atoms with Crippen LogP contribution in [0.4, 0.5) is 0 Å². The molecule has 3 fully saturated rings. The molecule has 5 rings (SSSR count). The number of nitrogens with zero attached hydrogens (tertiary/aromatic N) is 1. The van der Waals surface area contributed by atoms with E-state index in [0.717, 1.165) is 34.9 Å². The molecule has 29 heavy (non-hydrogen) atoms. The average Bonchev–Trinajstić information content (AvgIpc) is 3.42. The highest BCUT2D eigenvalue weighted by atomic mass is 35.5. The van der Waals surface area contributed by atoms with Crippen LogP contribution in [0.5, 0.6) is 0 Å². The lowest BCUT2D eigenvalue weighted by Crippen LogP contribution is -2.38. The summed E-state index contributed by atoms with van der Waals surface area (Å²) in [4.78, 5) is 23.2. The standard InChI is InChI=1S/C20H22ClNO4.CH2O2/c1-11-4-18-13(6-16(11)21)12(9-25-18)5-19(24)22-7-15-14(8-23)17-2-3-20(15,10-22)26-17;2-1-3/h4,6,9,14-15,17,23H,2-3,5,7-8,10H2,1H3;1H,(H,2,3)/t14-,15+,17+,20+;/m0./s1. The number of benzene rings is 1. The third-order valence-corrected chi connectivity index (χ3v) is 7.03. The number of carbonyl (C=O) groups is 2. The Hall–Kier alpha value is -2.09. The van der Waals surface area contributed by atoms with Crippen LogP contribution < -0.4 is 0 Å². The number of aliphatic hydroxyl groups is 1. The molecule has 3 aliphatic rings. The lowest BCUT2D eigenvalue weighted by atomic mass is 9.74. The number of rotatable bonds is 3.